The van der Waals surface area contributed by atoms with Crippen LogP contribution in [0.15, 0.2) is 53.4 Å². The third-order valence-electron chi connectivity index (χ3n) is 4.73. The van der Waals surface area contributed by atoms with E-state index in [2.05, 4.69) is 0 Å². The molecule has 2 aromatic carbocycles. The first-order valence-corrected chi connectivity index (χ1v) is 12.4. The molecule has 2 N–H and O–H groups in total. The summed E-state index contributed by atoms with van der Waals surface area (Å²) < 4.78 is 41.2. The fraction of sp³-hybridized carbons (Fsp3) is 0.440. The van der Waals surface area contributed by atoms with Crippen LogP contribution in [0.5, 0.6) is 5.75 Å². The van der Waals surface area contributed by atoms with Crippen molar-refractivity contribution >= 4 is 22.1 Å². The first-order chi connectivity index (χ1) is 15.7. The van der Waals surface area contributed by atoms with E-state index in [-0.39, 0.29) is 23.3 Å². The zero-order chi connectivity index (χ0) is 25.7. The van der Waals surface area contributed by atoms with E-state index in [4.69, 9.17) is 19.4 Å². The molecule has 8 nitrogen and oxygen atoms in total. The van der Waals surface area contributed by atoms with Crippen LogP contribution < -0.4 is 9.92 Å². The number of nitrogens with two attached hydrogens (primary N) is 1. The lowest BCUT2D eigenvalue weighted by molar-refractivity contribution is -0.165. The largest absolute Gasteiger partial charge is 0.463 e. The minimum Gasteiger partial charge on any atom is -0.463 e. The molecular formula is C25H33NO7S. The van der Waals surface area contributed by atoms with E-state index in [1.54, 1.807) is 46.8 Å². The Morgan fingerprint density at radius 2 is 1.50 bits per heavy atom. The van der Waals surface area contributed by atoms with Gasteiger partial charge in [0.1, 0.15) is 16.2 Å². The molecule has 0 aromatic heterocycles. The monoisotopic (exact) mass is 491 g/mol. The molecule has 0 aliphatic carbocycles. The molecule has 34 heavy (non-hydrogen) atoms. The van der Waals surface area contributed by atoms with Crippen molar-refractivity contribution in [1.82, 2.24) is 0 Å². The molecule has 186 valence electrons. The van der Waals surface area contributed by atoms with E-state index in [1.807, 2.05) is 6.92 Å². The van der Waals surface area contributed by atoms with Crippen molar-refractivity contribution in [2.24, 2.45) is 11.7 Å². The first kappa shape index (κ1) is 27.3. The quantitative estimate of drug-likeness (QED) is 0.416. The van der Waals surface area contributed by atoms with Crippen molar-refractivity contribution in [3.05, 3.63) is 59.7 Å². The zero-order valence-corrected chi connectivity index (χ0v) is 21.2. The average molecular weight is 492 g/mol. The molecule has 0 fully saturated rings. The highest BCUT2D eigenvalue weighted by atomic mass is 32.2. The van der Waals surface area contributed by atoms with Crippen LogP contribution in [0.4, 0.5) is 0 Å². The lowest BCUT2D eigenvalue weighted by atomic mass is 9.85. The Kier molecular flexibility index (Phi) is 8.85. The molecule has 0 saturated heterocycles. The van der Waals surface area contributed by atoms with E-state index in [0.717, 1.165) is 5.56 Å². The summed E-state index contributed by atoms with van der Waals surface area (Å²) in [6, 6.07) is 12.1. The average Bonchev–Trinajstić information content (AvgIpc) is 2.70. The molecule has 0 heterocycles. The number of esters is 2. The van der Waals surface area contributed by atoms with Crippen LogP contribution in [0.2, 0.25) is 0 Å². The molecule has 2 aromatic rings. The topological polar surface area (TPSA) is 122 Å². The van der Waals surface area contributed by atoms with E-state index in [0.29, 0.717) is 5.56 Å². The number of benzene rings is 2. The van der Waals surface area contributed by atoms with Gasteiger partial charge in [0.05, 0.1) is 17.9 Å². The Bertz CT molecular complexity index is 1090. The van der Waals surface area contributed by atoms with Crippen LogP contribution >= 0.6 is 0 Å². The van der Waals surface area contributed by atoms with Crippen LogP contribution in [0.1, 0.15) is 51.7 Å². The van der Waals surface area contributed by atoms with Gasteiger partial charge in [-0.15, -0.1) is 0 Å². The Morgan fingerprint density at radius 1 is 0.941 bits per heavy atom. The molecule has 0 radical (unpaired) electrons. The number of carbonyl (C=O) groups excluding carboxylic acids is 2. The Hall–Kier alpha value is -2.91. The maximum absolute atomic E-state index is 13.1. The second-order valence-electron chi connectivity index (χ2n) is 9.26. The van der Waals surface area contributed by atoms with Gasteiger partial charge in [-0.2, -0.15) is 8.42 Å². The molecule has 2 atom stereocenters. The van der Waals surface area contributed by atoms with Gasteiger partial charge in [-0.1, -0.05) is 29.8 Å². The van der Waals surface area contributed by atoms with Crippen molar-refractivity contribution in [1.29, 1.82) is 0 Å². The Morgan fingerprint density at radius 3 is 1.97 bits per heavy atom. The third-order valence-corrected chi connectivity index (χ3v) is 5.99. The molecule has 0 amide bonds. The fourth-order valence-corrected chi connectivity index (χ4v) is 4.13. The number of rotatable bonds is 9. The second-order valence-corrected chi connectivity index (χ2v) is 10.8. The number of hydrogen-bond donors (Lipinski definition) is 1. The minimum atomic E-state index is -4.04. The predicted octanol–water partition coefficient (Wildman–Crippen LogP) is 3.71. The van der Waals surface area contributed by atoms with Crippen molar-refractivity contribution in [3.8, 4) is 5.75 Å². The van der Waals surface area contributed by atoms with E-state index < -0.39 is 39.5 Å². The van der Waals surface area contributed by atoms with Gasteiger partial charge in [-0.3, -0.25) is 9.59 Å². The lowest BCUT2D eigenvalue weighted by Crippen LogP contribution is -2.39. The number of ether oxygens (including phenoxy) is 2. The minimum absolute atomic E-state index is 0.0217. The molecule has 0 spiro atoms. The van der Waals surface area contributed by atoms with Crippen LogP contribution in [0.25, 0.3) is 0 Å². The van der Waals surface area contributed by atoms with Gasteiger partial charge in [-0.25, -0.2) is 0 Å². The summed E-state index contributed by atoms with van der Waals surface area (Å²) in [5.74, 6) is -3.22. The normalized spacial score (nSPS) is 13.8. The van der Waals surface area contributed by atoms with E-state index in [9.17, 15) is 18.0 Å². The molecule has 0 bridgehead atoms. The number of hydrogen-bond acceptors (Lipinski definition) is 8. The van der Waals surface area contributed by atoms with Crippen LogP contribution in [-0.2, 0) is 29.2 Å². The molecule has 9 heteroatoms. The summed E-state index contributed by atoms with van der Waals surface area (Å²) >= 11 is 0. The van der Waals surface area contributed by atoms with Crippen molar-refractivity contribution in [2.75, 3.05) is 6.54 Å². The predicted molar refractivity (Wildman–Crippen MR) is 128 cm³/mol. The molecule has 2 unspecified atom stereocenters. The van der Waals surface area contributed by atoms with Crippen molar-refractivity contribution in [2.45, 2.75) is 64.1 Å². The number of carbonyl (C=O) groups is 2. The molecule has 2 rings (SSSR count). The van der Waals surface area contributed by atoms with Crippen molar-refractivity contribution in [3.63, 3.8) is 0 Å². The summed E-state index contributed by atoms with van der Waals surface area (Å²) in [4.78, 5) is 25.8. The maximum Gasteiger partial charge on any atom is 0.339 e. The smallest absolute Gasteiger partial charge is 0.339 e. The fourth-order valence-electron chi connectivity index (χ4n) is 3.20. The van der Waals surface area contributed by atoms with Crippen LogP contribution in [-0.4, -0.2) is 38.6 Å². The molecule has 0 aliphatic rings. The standard InChI is InChI=1S/C25H33NO7S/c1-16(2)31-23(27)21(15-26)22(24(28)32-25(4,5)6)18-9-11-19(12-10-18)33-34(29,30)20-13-7-17(3)8-14-20/h7-14,16,21-22H,15,26H2,1-6H3. The number of aryl methyl sites for hydroxylation is 1. The summed E-state index contributed by atoms with van der Waals surface area (Å²) in [7, 11) is -4.04. The van der Waals surface area contributed by atoms with Gasteiger partial charge >= 0.3 is 22.1 Å². The van der Waals surface area contributed by atoms with Crippen molar-refractivity contribution < 1.29 is 31.7 Å². The van der Waals surface area contributed by atoms with Gasteiger partial charge in [0.25, 0.3) is 0 Å². The summed E-state index contributed by atoms with van der Waals surface area (Å²) in [5.41, 5.74) is 6.41. The van der Waals surface area contributed by atoms with Gasteiger partial charge in [0, 0.05) is 6.54 Å². The molecular weight excluding hydrogens is 458 g/mol. The highest BCUT2D eigenvalue weighted by molar-refractivity contribution is 7.87. The lowest BCUT2D eigenvalue weighted by Gasteiger charge is -2.28. The van der Waals surface area contributed by atoms with Gasteiger partial charge in [0.15, 0.2) is 0 Å². The maximum atomic E-state index is 13.1. The van der Waals surface area contributed by atoms with E-state index >= 15 is 0 Å². The SMILES string of the molecule is Cc1ccc(S(=O)(=O)Oc2ccc(C(C(=O)OC(C)(C)C)C(CN)C(=O)OC(C)C)cc2)cc1. The van der Waals surface area contributed by atoms with Gasteiger partial charge in [-0.05, 0) is 71.4 Å². The Balaban J connectivity index is 2.36. The van der Waals surface area contributed by atoms with Gasteiger partial charge in [0.2, 0.25) is 0 Å². The van der Waals surface area contributed by atoms with E-state index in [1.165, 1.54) is 36.4 Å². The highest BCUT2D eigenvalue weighted by Crippen LogP contribution is 2.31. The van der Waals surface area contributed by atoms with Gasteiger partial charge < -0.3 is 19.4 Å². The third kappa shape index (κ3) is 7.56. The van der Waals surface area contributed by atoms with Crippen LogP contribution in [0, 0.1) is 12.8 Å². The van der Waals surface area contributed by atoms with Crippen LogP contribution in [0.3, 0.4) is 0 Å². The second kappa shape index (κ2) is 11.0. The molecule has 0 aliphatic heterocycles. The highest BCUT2D eigenvalue weighted by Gasteiger charge is 2.38. The summed E-state index contributed by atoms with van der Waals surface area (Å²) in [6.45, 7) is 10.3. The summed E-state index contributed by atoms with van der Waals surface area (Å²) in [5, 5.41) is 0. The first-order valence-electron chi connectivity index (χ1n) is 11.0. The zero-order valence-electron chi connectivity index (χ0n) is 20.4. The summed E-state index contributed by atoms with van der Waals surface area (Å²) in [6.07, 6.45) is -0.386. The molecule has 0 saturated carbocycles. The Labute approximate surface area is 201 Å².